The number of fused-ring (bicyclic) bond motifs is 1. The summed E-state index contributed by atoms with van der Waals surface area (Å²) in [7, 11) is 0. The Labute approximate surface area is 171 Å². The Morgan fingerprint density at radius 2 is 1.93 bits per heavy atom. The lowest BCUT2D eigenvalue weighted by molar-refractivity contribution is -0.115. The first-order chi connectivity index (χ1) is 14.1. The molecule has 4 aromatic rings. The number of benzene rings is 2. The van der Waals surface area contributed by atoms with Gasteiger partial charge in [0.25, 0.3) is 0 Å². The predicted molar refractivity (Wildman–Crippen MR) is 116 cm³/mol. The van der Waals surface area contributed by atoms with Gasteiger partial charge in [0.05, 0.1) is 18.4 Å². The van der Waals surface area contributed by atoms with Crippen LogP contribution in [0.3, 0.4) is 0 Å². The van der Waals surface area contributed by atoms with Crippen LogP contribution in [0.15, 0.2) is 75.3 Å². The normalized spacial score (nSPS) is 10.8. The Bertz CT molecular complexity index is 1190. The van der Waals surface area contributed by atoms with Crippen LogP contribution in [0.25, 0.3) is 22.3 Å². The van der Waals surface area contributed by atoms with Crippen LogP contribution in [0, 0.1) is 0 Å². The van der Waals surface area contributed by atoms with Crippen molar-refractivity contribution in [3.05, 3.63) is 81.1 Å². The van der Waals surface area contributed by atoms with Crippen molar-refractivity contribution in [2.45, 2.75) is 13.3 Å². The Morgan fingerprint density at radius 3 is 2.66 bits per heavy atom. The Balaban J connectivity index is 1.61. The lowest BCUT2D eigenvalue weighted by atomic mass is 10.1. The first kappa shape index (κ1) is 19.0. The highest BCUT2D eigenvalue weighted by Gasteiger charge is 2.10. The third kappa shape index (κ3) is 4.38. The molecular weight excluding hydrogens is 386 g/mol. The second-order valence-electron chi connectivity index (χ2n) is 6.45. The molecule has 0 saturated carbocycles. The molecule has 2 aromatic heterocycles. The molecule has 0 fully saturated rings. The highest BCUT2D eigenvalue weighted by atomic mass is 32.1. The summed E-state index contributed by atoms with van der Waals surface area (Å²) in [5.41, 5.74) is 1.66. The van der Waals surface area contributed by atoms with E-state index in [1.54, 1.807) is 29.5 Å². The van der Waals surface area contributed by atoms with Crippen LogP contribution in [0.1, 0.15) is 11.8 Å². The van der Waals surface area contributed by atoms with E-state index in [4.69, 9.17) is 9.15 Å². The highest BCUT2D eigenvalue weighted by molar-refractivity contribution is 7.10. The highest BCUT2D eigenvalue weighted by Crippen LogP contribution is 2.26. The maximum atomic E-state index is 12.5. The lowest BCUT2D eigenvalue weighted by Crippen LogP contribution is -2.13. The molecule has 0 aliphatic heterocycles. The van der Waals surface area contributed by atoms with Gasteiger partial charge in [0.1, 0.15) is 17.1 Å². The van der Waals surface area contributed by atoms with Gasteiger partial charge < -0.3 is 14.5 Å². The molecule has 0 unspecified atom stereocenters. The van der Waals surface area contributed by atoms with E-state index in [9.17, 15) is 9.59 Å². The summed E-state index contributed by atoms with van der Waals surface area (Å²) in [4.78, 5) is 25.8. The van der Waals surface area contributed by atoms with Crippen molar-refractivity contribution in [3.8, 4) is 17.1 Å². The molecule has 0 saturated heterocycles. The van der Waals surface area contributed by atoms with Crippen LogP contribution in [-0.2, 0) is 11.2 Å². The molecule has 1 amide bonds. The zero-order valence-electron chi connectivity index (χ0n) is 15.8. The molecule has 5 nitrogen and oxygen atoms in total. The number of carbonyl (C=O) groups excluding carboxylic acids is 1. The molecule has 146 valence electrons. The van der Waals surface area contributed by atoms with Gasteiger partial charge in [0.15, 0.2) is 5.43 Å². The second-order valence-corrected chi connectivity index (χ2v) is 7.48. The summed E-state index contributed by atoms with van der Waals surface area (Å²) >= 11 is 1.54. The first-order valence-corrected chi connectivity index (χ1v) is 10.1. The number of hydrogen-bond acceptors (Lipinski definition) is 5. The monoisotopic (exact) mass is 405 g/mol. The van der Waals surface area contributed by atoms with Gasteiger partial charge in [-0.1, -0.05) is 6.07 Å². The van der Waals surface area contributed by atoms with Gasteiger partial charge in [-0.3, -0.25) is 9.59 Å². The molecular formula is C23H19NO4S. The molecule has 6 heteroatoms. The van der Waals surface area contributed by atoms with Crippen molar-refractivity contribution in [1.29, 1.82) is 0 Å². The quantitative estimate of drug-likeness (QED) is 0.484. The summed E-state index contributed by atoms with van der Waals surface area (Å²) in [6.45, 7) is 2.51. The second kappa shape index (κ2) is 8.32. The van der Waals surface area contributed by atoms with Crippen molar-refractivity contribution >= 4 is 33.9 Å². The van der Waals surface area contributed by atoms with E-state index in [-0.39, 0.29) is 11.3 Å². The largest absolute Gasteiger partial charge is 0.494 e. The lowest BCUT2D eigenvalue weighted by Gasteiger charge is -2.08. The van der Waals surface area contributed by atoms with Gasteiger partial charge >= 0.3 is 0 Å². The van der Waals surface area contributed by atoms with E-state index in [0.29, 0.717) is 35.4 Å². The van der Waals surface area contributed by atoms with Crippen molar-refractivity contribution < 1.29 is 13.9 Å². The maximum Gasteiger partial charge on any atom is 0.229 e. The summed E-state index contributed by atoms with van der Waals surface area (Å²) < 4.78 is 11.4. The third-order valence-electron chi connectivity index (χ3n) is 4.38. The summed E-state index contributed by atoms with van der Waals surface area (Å²) in [6.07, 6.45) is 0.311. The van der Waals surface area contributed by atoms with E-state index in [1.807, 2.05) is 48.7 Å². The number of rotatable bonds is 6. The molecule has 1 N–H and O–H groups in total. The third-order valence-corrected chi connectivity index (χ3v) is 5.25. The van der Waals surface area contributed by atoms with Crippen molar-refractivity contribution in [2.24, 2.45) is 0 Å². The van der Waals surface area contributed by atoms with Crippen molar-refractivity contribution in [2.75, 3.05) is 11.9 Å². The zero-order valence-corrected chi connectivity index (χ0v) is 16.6. The number of carbonyl (C=O) groups is 1. The van der Waals surface area contributed by atoms with Gasteiger partial charge in [-0.05, 0) is 54.8 Å². The molecule has 2 aromatic carbocycles. The fourth-order valence-electron chi connectivity index (χ4n) is 3.03. The molecule has 0 spiro atoms. The minimum absolute atomic E-state index is 0.114. The van der Waals surface area contributed by atoms with Gasteiger partial charge in [0, 0.05) is 28.3 Å². The van der Waals surface area contributed by atoms with Crippen LogP contribution in [-0.4, -0.2) is 12.5 Å². The van der Waals surface area contributed by atoms with Gasteiger partial charge in [-0.15, -0.1) is 11.3 Å². The fraction of sp³-hybridized carbons (Fsp3) is 0.130. The molecule has 0 atom stereocenters. The maximum absolute atomic E-state index is 12.5. The van der Waals surface area contributed by atoms with E-state index in [1.165, 1.54) is 6.07 Å². The van der Waals surface area contributed by atoms with Crippen LogP contribution in [0.2, 0.25) is 0 Å². The Kier molecular flexibility index (Phi) is 5.44. The number of thiophene rings is 1. The predicted octanol–water partition coefficient (Wildman–Crippen LogP) is 5.10. The molecule has 0 bridgehead atoms. The van der Waals surface area contributed by atoms with Crippen LogP contribution >= 0.6 is 11.3 Å². The number of anilines is 1. The minimum Gasteiger partial charge on any atom is -0.494 e. The minimum atomic E-state index is -0.133. The average Bonchev–Trinajstić information content (AvgIpc) is 3.21. The molecule has 29 heavy (non-hydrogen) atoms. The zero-order chi connectivity index (χ0) is 20.2. The van der Waals surface area contributed by atoms with Crippen molar-refractivity contribution in [3.63, 3.8) is 0 Å². The standard InChI is InChI=1S/C23H19NO4S/c1-2-27-17-8-5-15(6-9-17)21-14-20(25)19-10-7-16(12-22(19)28-21)24-23(26)13-18-4-3-11-29-18/h3-12,14H,2,13H2,1H3,(H,24,26). The van der Waals surface area contributed by atoms with E-state index in [2.05, 4.69) is 5.32 Å². The van der Waals surface area contributed by atoms with E-state index >= 15 is 0 Å². The molecule has 0 radical (unpaired) electrons. The topological polar surface area (TPSA) is 68.5 Å². The van der Waals surface area contributed by atoms with Crippen molar-refractivity contribution in [1.82, 2.24) is 0 Å². The first-order valence-electron chi connectivity index (χ1n) is 9.26. The van der Waals surface area contributed by atoms with Gasteiger partial charge in [-0.2, -0.15) is 0 Å². The van der Waals surface area contributed by atoms with Crippen LogP contribution < -0.4 is 15.5 Å². The summed E-state index contributed by atoms with van der Waals surface area (Å²) in [5.74, 6) is 1.11. The van der Waals surface area contributed by atoms with Gasteiger partial charge in [0.2, 0.25) is 5.91 Å². The molecule has 0 aliphatic rings. The Hall–Kier alpha value is -3.38. The number of amides is 1. The van der Waals surface area contributed by atoms with Gasteiger partial charge in [-0.25, -0.2) is 0 Å². The average molecular weight is 405 g/mol. The summed E-state index contributed by atoms with van der Waals surface area (Å²) in [6, 6.07) is 17.8. The summed E-state index contributed by atoms with van der Waals surface area (Å²) in [5, 5.41) is 5.27. The Morgan fingerprint density at radius 1 is 1.10 bits per heavy atom. The number of ether oxygens (including phenoxy) is 1. The fourth-order valence-corrected chi connectivity index (χ4v) is 3.74. The SMILES string of the molecule is CCOc1ccc(-c2cc(=O)c3ccc(NC(=O)Cc4cccs4)cc3o2)cc1. The smallest absolute Gasteiger partial charge is 0.229 e. The number of nitrogens with one attached hydrogen (secondary N) is 1. The van der Waals surface area contributed by atoms with E-state index in [0.717, 1.165) is 16.2 Å². The van der Waals surface area contributed by atoms with E-state index < -0.39 is 0 Å². The molecule has 0 aliphatic carbocycles. The number of hydrogen-bond donors (Lipinski definition) is 1. The van der Waals surface area contributed by atoms with Crippen LogP contribution in [0.5, 0.6) is 5.75 Å². The molecule has 2 heterocycles. The molecule has 4 rings (SSSR count). The van der Waals surface area contributed by atoms with Crippen LogP contribution in [0.4, 0.5) is 5.69 Å².